The van der Waals surface area contributed by atoms with Gasteiger partial charge in [0.05, 0.1) is 17.5 Å². The van der Waals surface area contributed by atoms with Crippen molar-refractivity contribution < 1.29 is 9.63 Å². The van der Waals surface area contributed by atoms with Gasteiger partial charge in [-0.25, -0.2) is 0 Å². The minimum atomic E-state index is -0.278. The fraction of sp³-hybridized carbons (Fsp3) is 0.190. The first-order chi connectivity index (χ1) is 13.5. The van der Waals surface area contributed by atoms with Gasteiger partial charge in [0.15, 0.2) is 0 Å². The van der Waals surface area contributed by atoms with Gasteiger partial charge in [0, 0.05) is 18.3 Å². The van der Waals surface area contributed by atoms with E-state index in [4.69, 9.17) is 16.4 Å². The van der Waals surface area contributed by atoms with Crippen molar-refractivity contribution in [3.63, 3.8) is 0 Å². The van der Waals surface area contributed by atoms with Crippen molar-refractivity contribution in [2.75, 3.05) is 12.4 Å². The first-order valence-corrected chi connectivity index (χ1v) is 9.21. The summed E-state index contributed by atoms with van der Waals surface area (Å²) in [7, 11) is 3.22. The zero-order valence-corrected chi connectivity index (χ0v) is 16.7. The highest BCUT2D eigenvalue weighted by molar-refractivity contribution is 6.33. The lowest BCUT2D eigenvalue weighted by atomic mass is 10.0. The van der Waals surface area contributed by atoms with Gasteiger partial charge in [0.2, 0.25) is 0 Å². The van der Waals surface area contributed by atoms with E-state index in [-0.39, 0.29) is 5.91 Å². The first-order valence-electron chi connectivity index (χ1n) is 8.83. The van der Waals surface area contributed by atoms with E-state index in [1.165, 1.54) is 11.8 Å². The second-order valence-corrected chi connectivity index (χ2v) is 6.49. The van der Waals surface area contributed by atoms with Crippen LogP contribution in [0.2, 0.25) is 5.15 Å². The zero-order chi connectivity index (χ0) is 20.1. The van der Waals surface area contributed by atoms with E-state index < -0.39 is 0 Å². The summed E-state index contributed by atoms with van der Waals surface area (Å²) in [5.41, 5.74) is 4.49. The Morgan fingerprint density at radius 3 is 2.82 bits per heavy atom. The van der Waals surface area contributed by atoms with E-state index in [1.54, 1.807) is 13.3 Å². The van der Waals surface area contributed by atoms with Crippen molar-refractivity contribution in [1.82, 2.24) is 9.78 Å². The van der Waals surface area contributed by atoms with Gasteiger partial charge < -0.3 is 10.2 Å². The number of amides is 1. The van der Waals surface area contributed by atoms with Crippen LogP contribution in [0.3, 0.4) is 0 Å². The molecule has 0 spiro atoms. The number of halogens is 1. The number of aryl methyl sites for hydroxylation is 2. The summed E-state index contributed by atoms with van der Waals surface area (Å²) in [4.78, 5) is 17.7. The summed E-state index contributed by atoms with van der Waals surface area (Å²) in [6.07, 6.45) is 2.25. The lowest BCUT2D eigenvalue weighted by Gasteiger charge is -2.12. The molecular formula is C21H21ClN4O2. The molecule has 1 amide bonds. The number of carbonyl (C=O) groups excluding carboxylic acids is 1. The second-order valence-electron chi connectivity index (χ2n) is 6.13. The van der Waals surface area contributed by atoms with Crippen LogP contribution < -0.4 is 5.32 Å². The Hall–Kier alpha value is -3.12. The standard InChI is InChI=1S/C21H21ClN4O2/c1-4-17-19(20(22)26(2)25-17)21(27)24-18-11-6-5-10-16(18)15-9-7-8-14(12-15)13-23-28-3/h5-13H,4H2,1-3H3,(H,24,27)/b23-13+. The molecule has 28 heavy (non-hydrogen) atoms. The minimum absolute atomic E-state index is 0.278. The molecule has 0 atom stereocenters. The predicted octanol–water partition coefficient (Wildman–Crippen LogP) is 4.54. The maximum atomic E-state index is 12.9. The van der Waals surface area contributed by atoms with Gasteiger partial charge in [0.25, 0.3) is 5.91 Å². The number of benzene rings is 2. The summed E-state index contributed by atoms with van der Waals surface area (Å²) < 4.78 is 1.51. The Labute approximate surface area is 168 Å². The number of carbonyl (C=O) groups is 1. The van der Waals surface area contributed by atoms with E-state index in [2.05, 4.69) is 15.6 Å². The van der Waals surface area contributed by atoms with Crippen LogP contribution in [-0.4, -0.2) is 29.0 Å². The van der Waals surface area contributed by atoms with E-state index in [0.29, 0.717) is 28.5 Å². The Kier molecular flexibility index (Phi) is 6.11. The van der Waals surface area contributed by atoms with Crippen molar-refractivity contribution in [3.8, 4) is 11.1 Å². The SMILES string of the molecule is CCc1nn(C)c(Cl)c1C(=O)Nc1ccccc1-c1cccc(/C=N/OC)c1. The molecule has 0 radical (unpaired) electrons. The smallest absolute Gasteiger partial charge is 0.260 e. The molecule has 1 aromatic heterocycles. The summed E-state index contributed by atoms with van der Waals surface area (Å²) >= 11 is 6.29. The van der Waals surface area contributed by atoms with E-state index >= 15 is 0 Å². The van der Waals surface area contributed by atoms with E-state index in [1.807, 2.05) is 55.5 Å². The molecule has 0 aliphatic carbocycles. The molecule has 0 aliphatic heterocycles. The van der Waals surface area contributed by atoms with Crippen LogP contribution in [0.25, 0.3) is 11.1 Å². The highest BCUT2D eigenvalue weighted by Gasteiger charge is 2.21. The highest BCUT2D eigenvalue weighted by atomic mass is 35.5. The Morgan fingerprint density at radius 2 is 2.07 bits per heavy atom. The Bertz CT molecular complexity index is 1030. The fourth-order valence-electron chi connectivity index (χ4n) is 2.96. The molecule has 144 valence electrons. The molecular weight excluding hydrogens is 376 g/mol. The van der Waals surface area contributed by atoms with Crippen molar-refractivity contribution in [2.45, 2.75) is 13.3 Å². The quantitative estimate of drug-likeness (QED) is 0.491. The number of anilines is 1. The molecule has 0 saturated heterocycles. The third-order valence-corrected chi connectivity index (χ3v) is 4.73. The second kappa shape index (κ2) is 8.71. The Balaban J connectivity index is 1.96. The van der Waals surface area contributed by atoms with E-state index in [9.17, 15) is 4.79 Å². The van der Waals surface area contributed by atoms with E-state index in [0.717, 1.165) is 16.7 Å². The third kappa shape index (κ3) is 4.07. The Morgan fingerprint density at radius 1 is 1.29 bits per heavy atom. The molecule has 7 heteroatoms. The fourth-order valence-corrected chi connectivity index (χ4v) is 3.19. The van der Waals surface area contributed by atoms with Crippen LogP contribution in [0.5, 0.6) is 0 Å². The molecule has 1 N–H and O–H groups in total. The molecule has 0 saturated carbocycles. The lowest BCUT2D eigenvalue weighted by molar-refractivity contribution is 0.102. The number of nitrogens with zero attached hydrogens (tertiary/aromatic N) is 3. The van der Waals surface area contributed by atoms with Crippen molar-refractivity contribution in [1.29, 1.82) is 0 Å². The van der Waals surface area contributed by atoms with Crippen LogP contribution in [0.15, 0.2) is 53.7 Å². The van der Waals surface area contributed by atoms with Gasteiger partial charge in [-0.2, -0.15) is 5.10 Å². The number of aromatic nitrogens is 2. The highest BCUT2D eigenvalue weighted by Crippen LogP contribution is 2.30. The molecule has 6 nitrogen and oxygen atoms in total. The molecule has 0 fully saturated rings. The van der Waals surface area contributed by atoms with Crippen molar-refractivity contribution in [2.24, 2.45) is 12.2 Å². The maximum absolute atomic E-state index is 12.9. The maximum Gasteiger partial charge on any atom is 0.260 e. The number of nitrogens with one attached hydrogen (secondary N) is 1. The predicted molar refractivity (Wildman–Crippen MR) is 112 cm³/mol. The number of para-hydroxylation sites is 1. The van der Waals surface area contributed by atoms with Crippen molar-refractivity contribution in [3.05, 3.63) is 70.5 Å². The topological polar surface area (TPSA) is 68.5 Å². The normalized spacial score (nSPS) is 11.0. The van der Waals surface area contributed by atoms with Crippen LogP contribution in [0.4, 0.5) is 5.69 Å². The zero-order valence-electron chi connectivity index (χ0n) is 15.9. The lowest BCUT2D eigenvalue weighted by Crippen LogP contribution is -2.14. The van der Waals surface area contributed by atoms with Gasteiger partial charge in [-0.3, -0.25) is 9.48 Å². The first kappa shape index (κ1) is 19.6. The number of oxime groups is 1. The molecule has 1 heterocycles. The van der Waals surface area contributed by atoms with Gasteiger partial charge in [0.1, 0.15) is 12.3 Å². The number of hydrogen-bond acceptors (Lipinski definition) is 4. The average molecular weight is 397 g/mol. The van der Waals surface area contributed by atoms with Crippen LogP contribution in [0, 0.1) is 0 Å². The monoisotopic (exact) mass is 396 g/mol. The summed E-state index contributed by atoms with van der Waals surface area (Å²) in [5.74, 6) is -0.278. The summed E-state index contributed by atoms with van der Waals surface area (Å²) in [6.45, 7) is 1.94. The third-order valence-electron chi connectivity index (χ3n) is 4.29. The molecule has 0 bridgehead atoms. The number of hydrogen-bond donors (Lipinski definition) is 1. The van der Waals surface area contributed by atoms with Gasteiger partial charge >= 0.3 is 0 Å². The molecule has 0 aliphatic rings. The molecule has 3 aromatic rings. The van der Waals surface area contributed by atoms with Gasteiger partial charge in [-0.05, 0) is 29.7 Å². The largest absolute Gasteiger partial charge is 0.399 e. The van der Waals surface area contributed by atoms with Crippen molar-refractivity contribution >= 4 is 29.4 Å². The molecule has 2 aromatic carbocycles. The van der Waals surface area contributed by atoms with Crippen LogP contribution >= 0.6 is 11.6 Å². The summed E-state index contributed by atoms with van der Waals surface area (Å²) in [5, 5.41) is 11.4. The van der Waals surface area contributed by atoms with Crippen LogP contribution in [-0.2, 0) is 18.3 Å². The minimum Gasteiger partial charge on any atom is -0.399 e. The number of rotatable bonds is 6. The summed E-state index contributed by atoms with van der Waals surface area (Å²) in [6, 6.07) is 15.4. The van der Waals surface area contributed by atoms with Gasteiger partial charge in [-0.15, -0.1) is 0 Å². The van der Waals surface area contributed by atoms with Gasteiger partial charge in [-0.1, -0.05) is 60.1 Å². The molecule has 0 unspecified atom stereocenters. The average Bonchev–Trinajstić information content (AvgIpc) is 3.01. The van der Waals surface area contributed by atoms with Crippen LogP contribution in [0.1, 0.15) is 28.5 Å². The molecule has 3 rings (SSSR count).